The SMILES string of the molecule is Cc1nc2ccc(C#CC[C@H](NC(=O)OC(C)(C)C)C(=O)O)cn2c1Cc1ccccc1OC(F)F. The number of pyridine rings is 1. The van der Waals surface area contributed by atoms with E-state index in [-0.39, 0.29) is 12.2 Å². The van der Waals surface area contributed by atoms with E-state index in [1.807, 2.05) is 11.3 Å². The number of carboxylic acids is 1. The molecule has 8 nitrogen and oxygen atoms in total. The van der Waals surface area contributed by atoms with Gasteiger partial charge in [0.25, 0.3) is 0 Å². The van der Waals surface area contributed by atoms with Gasteiger partial charge in [0.1, 0.15) is 23.0 Å². The van der Waals surface area contributed by atoms with Crippen LogP contribution in [0.4, 0.5) is 13.6 Å². The van der Waals surface area contributed by atoms with Crippen molar-refractivity contribution in [1.29, 1.82) is 0 Å². The van der Waals surface area contributed by atoms with Gasteiger partial charge in [-0.25, -0.2) is 14.6 Å². The second-order valence-electron chi connectivity index (χ2n) is 9.00. The molecule has 0 aliphatic heterocycles. The van der Waals surface area contributed by atoms with Crippen molar-refractivity contribution < 1.29 is 33.0 Å². The summed E-state index contributed by atoms with van der Waals surface area (Å²) in [6.45, 7) is 3.92. The Bertz CT molecular complexity index is 1320. The maximum Gasteiger partial charge on any atom is 0.408 e. The van der Waals surface area contributed by atoms with Crippen LogP contribution in [0.25, 0.3) is 5.65 Å². The second-order valence-corrected chi connectivity index (χ2v) is 9.00. The Morgan fingerprint density at radius 3 is 2.58 bits per heavy atom. The molecule has 3 rings (SSSR count). The van der Waals surface area contributed by atoms with E-state index in [0.717, 1.165) is 11.4 Å². The van der Waals surface area contributed by atoms with Gasteiger partial charge in [-0.05, 0) is 45.9 Å². The van der Waals surface area contributed by atoms with Crippen molar-refractivity contribution in [2.75, 3.05) is 0 Å². The number of nitrogens with zero attached hydrogens (tertiary/aromatic N) is 2. The first-order chi connectivity index (χ1) is 16.9. The molecule has 0 bridgehead atoms. The van der Waals surface area contributed by atoms with Crippen LogP contribution in [0, 0.1) is 18.8 Å². The number of aryl methyl sites for hydroxylation is 1. The maximum absolute atomic E-state index is 12.8. The van der Waals surface area contributed by atoms with Crippen molar-refractivity contribution >= 4 is 17.7 Å². The molecule has 190 valence electrons. The first-order valence-electron chi connectivity index (χ1n) is 11.1. The first kappa shape index (κ1) is 26.5. The Labute approximate surface area is 207 Å². The van der Waals surface area contributed by atoms with Crippen molar-refractivity contribution in [3.63, 3.8) is 0 Å². The summed E-state index contributed by atoms with van der Waals surface area (Å²) >= 11 is 0. The Hall–Kier alpha value is -4.13. The molecule has 0 radical (unpaired) electrons. The predicted molar refractivity (Wildman–Crippen MR) is 128 cm³/mol. The largest absolute Gasteiger partial charge is 0.480 e. The van der Waals surface area contributed by atoms with Crippen LogP contribution in [0.1, 0.15) is 49.7 Å². The van der Waals surface area contributed by atoms with Gasteiger partial charge in [-0.1, -0.05) is 30.0 Å². The number of para-hydroxylation sites is 1. The number of rotatable bonds is 7. The molecule has 0 unspecified atom stereocenters. The fraction of sp³-hybridized carbons (Fsp3) is 0.346. The molecular formula is C26H27F2N3O5. The summed E-state index contributed by atoms with van der Waals surface area (Å²) < 4.78 is 37.2. The number of halogens is 2. The van der Waals surface area contributed by atoms with Gasteiger partial charge in [0.2, 0.25) is 0 Å². The molecule has 10 heteroatoms. The third-order valence-electron chi connectivity index (χ3n) is 4.99. The number of aromatic nitrogens is 2. The minimum Gasteiger partial charge on any atom is -0.480 e. The van der Waals surface area contributed by atoms with Crippen LogP contribution in [0.5, 0.6) is 5.75 Å². The molecule has 1 atom stereocenters. The molecule has 36 heavy (non-hydrogen) atoms. The van der Waals surface area contributed by atoms with Gasteiger partial charge in [0, 0.05) is 35.9 Å². The average molecular weight is 500 g/mol. The van der Waals surface area contributed by atoms with Crippen LogP contribution in [-0.2, 0) is 16.0 Å². The highest BCUT2D eigenvalue weighted by Crippen LogP contribution is 2.25. The van der Waals surface area contributed by atoms with Crippen LogP contribution in [0.15, 0.2) is 42.6 Å². The highest BCUT2D eigenvalue weighted by Gasteiger charge is 2.23. The number of carbonyl (C=O) groups is 2. The molecule has 2 aromatic heterocycles. The monoisotopic (exact) mass is 499 g/mol. The number of amides is 1. The number of benzene rings is 1. The zero-order valence-corrected chi connectivity index (χ0v) is 20.3. The number of imidazole rings is 1. The smallest absolute Gasteiger partial charge is 0.408 e. The number of carbonyl (C=O) groups excluding carboxylic acids is 1. The number of ether oxygens (including phenoxy) is 2. The molecule has 0 aliphatic rings. The van der Waals surface area contributed by atoms with Crippen molar-refractivity contribution in [2.24, 2.45) is 0 Å². The quantitative estimate of drug-likeness (QED) is 0.463. The highest BCUT2D eigenvalue weighted by molar-refractivity contribution is 5.80. The van der Waals surface area contributed by atoms with Crippen molar-refractivity contribution in [3.8, 4) is 17.6 Å². The number of hydrogen-bond acceptors (Lipinski definition) is 5. The van der Waals surface area contributed by atoms with E-state index in [0.29, 0.717) is 23.2 Å². The number of hydrogen-bond donors (Lipinski definition) is 2. The Balaban J connectivity index is 1.81. The lowest BCUT2D eigenvalue weighted by Gasteiger charge is -2.21. The van der Waals surface area contributed by atoms with E-state index >= 15 is 0 Å². The van der Waals surface area contributed by atoms with Gasteiger partial charge in [0.15, 0.2) is 0 Å². The third-order valence-corrected chi connectivity index (χ3v) is 4.99. The Morgan fingerprint density at radius 1 is 1.19 bits per heavy atom. The highest BCUT2D eigenvalue weighted by atomic mass is 19.3. The standard InChI is InChI=1S/C26H27F2N3O5/c1-16-20(14-18-9-5-6-11-21(18)35-24(27)28)31-15-17(12-13-22(31)29-16)8-7-10-19(23(32)33)30-25(34)36-26(2,3)4/h5-6,9,11-13,15,19,24H,10,14H2,1-4H3,(H,30,34)(H,32,33)/t19-/m0/s1. The molecule has 2 heterocycles. The first-order valence-corrected chi connectivity index (χ1v) is 11.1. The lowest BCUT2D eigenvalue weighted by atomic mass is 10.1. The molecule has 2 N–H and O–H groups in total. The molecule has 3 aromatic rings. The Morgan fingerprint density at radius 2 is 1.92 bits per heavy atom. The fourth-order valence-electron chi connectivity index (χ4n) is 3.44. The summed E-state index contributed by atoms with van der Waals surface area (Å²) in [5.74, 6) is 4.55. The summed E-state index contributed by atoms with van der Waals surface area (Å²) in [5.41, 5.74) is 2.54. The minimum atomic E-state index is -2.93. The zero-order valence-electron chi connectivity index (χ0n) is 20.3. The topological polar surface area (TPSA) is 102 Å². The second kappa shape index (κ2) is 11.1. The van der Waals surface area contributed by atoms with Crippen molar-refractivity contribution in [2.45, 2.75) is 58.8 Å². The van der Waals surface area contributed by atoms with Gasteiger partial charge in [0.05, 0.1) is 5.69 Å². The van der Waals surface area contributed by atoms with Gasteiger partial charge < -0.3 is 24.3 Å². The van der Waals surface area contributed by atoms with E-state index in [1.54, 1.807) is 57.3 Å². The summed E-state index contributed by atoms with van der Waals surface area (Å²) in [6, 6.07) is 8.82. The van der Waals surface area contributed by atoms with Crippen molar-refractivity contribution in [1.82, 2.24) is 14.7 Å². The van der Waals surface area contributed by atoms with E-state index in [9.17, 15) is 23.5 Å². The Kier molecular flexibility index (Phi) is 8.14. The summed E-state index contributed by atoms with van der Waals surface area (Å²) in [4.78, 5) is 28.0. The maximum atomic E-state index is 12.8. The van der Waals surface area contributed by atoms with Gasteiger partial charge >= 0.3 is 18.7 Å². The normalized spacial score (nSPS) is 12.1. The van der Waals surface area contributed by atoms with Crippen molar-refractivity contribution in [3.05, 3.63) is 65.1 Å². The van der Waals surface area contributed by atoms with Gasteiger partial charge in [-0.2, -0.15) is 8.78 Å². The van der Waals surface area contributed by atoms with E-state index in [2.05, 4.69) is 26.9 Å². The number of nitrogens with one attached hydrogen (secondary N) is 1. The number of alkyl halides is 2. The zero-order chi connectivity index (χ0) is 26.5. The van der Waals surface area contributed by atoms with Crippen LogP contribution in [0.3, 0.4) is 0 Å². The van der Waals surface area contributed by atoms with E-state index in [1.165, 1.54) is 6.07 Å². The van der Waals surface area contributed by atoms with E-state index < -0.39 is 30.3 Å². The molecular weight excluding hydrogens is 472 g/mol. The number of fused-ring (bicyclic) bond motifs is 1. The van der Waals surface area contributed by atoms with Crippen LogP contribution < -0.4 is 10.1 Å². The molecule has 1 amide bonds. The predicted octanol–water partition coefficient (Wildman–Crippen LogP) is 4.55. The van der Waals surface area contributed by atoms with Crippen LogP contribution in [0.2, 0.25) is 0 Å². The lowest BCUT2D eigenvalue weighted by Crippen LogP contribution is -2.43. The summed E-state index contributed by atoms with van der Waals surface area (Å²) in [6.07, 6.45) is 1.06. The molecule has 0 spiro atoms. The van der Waals surface area contributed by atoms with E-state index in [4.69, 9.17) is 4.74 Å². The molecule has 1 aromatic carbocycles. The summed E-state index contributed by atoms with van der Waals surface area (Å²) in [5, 5.41) is 11.7. The lowest BCUT2D eigenvalue weighted by molar-refractivity contribution is -0.139. The van der Waals surface area contributed by atoms with Crippen LogP contribution in [-0.4, -0.2) is 44.8 Å². The minimum absolute atomic E-state index is 0.0926. The molecule has 0 saturated heterocycles. The number of carboxylic acid groups (broad SMARTS) is 1. The molecule has 0 saturated carbocycles. The van der Waals surface area contributed by atoms with Crippen LogP contribution >= 0.6 is 0 Å². The van der Waals surface area contributed by atoms with Gasteiger partial charge in [-0.15, -0.1) is 0 Å². The third kappa shape index (κ3) is 7.18. The molecule has 0 aliphatic carbocycles. The summed E-state index contributed by atoms with van der Waals surface area (Å²) in [7, 11) is 0. The number of aliphatic carboxylic acids is 1. The average Bonchev–Trinajstić information content (AvgIpc) is 3.07. The fourth-order valence-corrected chi connectivity index (χ4v) is 3.44. The van der Waals surface area contributed by atoms with Gasteiger partial charge in [-0.3, -0.25) is 0 Å². The molecule has 0 fully saturated rings. The number of alkyl carbamates (subject to hydrolysis) is 1.